The van der Waals surface area contributed by atoms with Crippen LogP contribution in [0.25, 0.3) is 0 Å². The SMILES string of the molecule is CNC(=O)N1CCCC1c1nc(C2CN(C(=O)c3cnccn3)C2)no1. The number of urea groups is 1. The molecule has 0 saturated carbocycles. The minimum Gasteiger partial charge on any atom is -0.341 e. The number of amides is 3. The van der Waals surface area contributed by atoms with E-state index in [1.54, 1.807) is 16.8 Å². The molecule has 0 aromatic carbocycles. The largest absolute Gasteiger partial charge is 0.341 e. The molecule has 4 heterocycles. The molecule has 2 aliphatic heterocycles. The molecule has 0 spiro atoms. The number of rotatable bonds is 3. The van der Waals surface area contributed by atoms with Crippen LogP contribution in [0.3, 0.4) is 0 Å². The highest BCUT2D eigenvalue weighted by Crippen LogP contribution is 2.33. The summed E-state index contributed by atoms with van der Waals surface area (Å²) in [5.74, 6) is 0.911. The number of hydrogen-bond donors (Lipinski definition) is 1. The van der Waals surface area contributed by atoms with Crippen molar-refractivity contribution < 1.29 is 14.1 Å². The highest BCUT2D eigenvalue weighted by atomic mass is 16.5. The van der Waals surface area contributed by atoms with E-state index in [9.17, 15) is 9.59 Å². The molecule has 4 rings (SSSR count). The summed E-state index contributed by atoms with van der Waals surface area (Å²) in [5, 5.41) is 6.69. The van der Waals surface area contributed by atoms with Crippen molar-refractivity contribution in [2.45, 2.75) is 24.8 Å². The smallest absolute Gasteiger partial charge is 0.317 e. The molecular formula is C16H19N7O3. The Morgan fingerprint density at radius 3 is 2.88 bits per heavy atom. The van der Waals surface area contributed by atoms with Gasteiger partial charge in [0.25, 0.3) is 5.91 Å². The van der Waals surface area contributed by atoms with Crippen LogP contribution in [0.1, 0.15) is 47.0 Å². The maximum absolute atomic E-state index is 12.3. The number of hydrogen-bond acceptors (Lipinski definition) is 7. The van der Waals surface area contributed by atoms with E-state index >= 15 is 0 Å². The van der Waals surface area contributed by atoms with Gasteiger partial charge in [-0.05, 0) is 12.8 Å². The number of likely N-dealkylation sites (tertiary alicyclic amines) is 2. The standard InChI is InChI=1S/C16H19N7O3/c1-17-16(25)23-6-2-3-12(23)14-20-13(21-26-14)10-8-22(9-10)15(24)11-7-18-4-5-19-11/h4-5,7,10,12H,2-3,6,8-9H2,1H3,(H,17,25). The zero-order chi connectivity index (χ0) is 18.1. The van der Waals surface area contributed by atoms with Gasteiger partial charge in [-0.15, -0.1) is 0 Å². The van der Waals surface area contributed by atoms with Crippen molar-refractivity contribution in [1.82, 2.24) is 35.2 Å². The molecule has 26 heavy (non-hydrogen) atoms. The Labute approximate surface area is 149 Å². The third-order valence-corrected chi connectivity index (χ3v) is 4.79. The van der Waals surface area contributed by atoms with E-state index in [-0.39, 0.29) is 23.9 Å². The Hall–Kier alpha value is -3.04. The molecule has 2 saturated heterocycles. The number of aromatic nitrogens is 4. The zero-order valence-corrected chi connectivity index (χ0v) is 14.3. The Balaban J connectivity index is 1.39. The number of nitrogens with one attached hydrogen (secondary N) is 1. The van der Waals surface area contributed by atoms with E-state index in [1.165, 1.54) is 18.6 Å². The highest BCUT2D eigenvalue weighted by Gasteiger charge is 2.38. The Bertz CT molecular complexity index is 803. The molecule has 1 atom stereocenters. The van der Waals surface area contributed by atoms with Gasteiger partial charge in [0.1, 0.15) is 11.7 Å². The van der Waals surface area contributed by atoms with Gasteiger partial charge in [-0.25, -0.2) is 9.78 Å². The minimum atomic E-state index is -0.186. The molecule has 2 aromatic rings. The molecule has 1 unspecified atom stereocenters. The van der Waals surface area contributed by atoms with Crippen LogP contribution in [-0.2, 0) is 0 Å². The first-order chi connectivity index (χ1) is 12.7. The summed E-state index contributed by atoms with van der Waals surface area (Å²) in [7, 11) is 1.61. The molecule has 2 aliphatic rings. The summed E-state index contributed by atoms with van der Waals surface area (Å²) in [4.78, 5) is 40.0. The van der Waals surface area contributed by atoms with Crippen molar-refractivity contribution in [3.8, 4) is 0 Å². The first-order valence-corrected chi connectivity index (χ1v) is 8.54. The maximum atomic E-state index is 12.3. The van der Waals surface area contributed by atoms with Crippen LogP contribution in [0.2, 0.25) is 0 Å². The fourth-order valence-electron chi connectivity index (χ4n) is 3.34. The second kappa shape index (κ2) is 6.70. The summed E-state index contributed by atoms with van der Waals surface area (Å²) >= 11 is 0. The van der Waals surface area contributed by atoms with Crippen LogP contribution in [0.4, 0.5) is 4.79 Å². The molecule has 3 amide bonds. The quantitative estimate of drug-likeness (QED) is 0.853. The molecule has 2 fully saturated rings. The number of carbonyl (C=O) groups excluding carboxylic acids is 2. The molecule has 136 valence electrons. The van der Waals surface area contributed by atoms with Crippen LogP contribution in [-0.4, -0.2) is 68.5 Å². The Morgan fingerprint density at radius 2 is 2.15 bits per heavy atom. The van der Waals surface area contributed by atoms with Crippen LogP contribution in [0.15, 0.2) is 23.1 Å². The summed E-state index contributed by atoms with van der Waals surface area (Å²) in [6, 6.07) is -0.328. The van der Waals surface area contributed by atoms with E-state index < -0.39 is 0 Å². The number of carbonyl (C=O) groups is 2. The third-order valence-electron chi connectivity index (χ3n) is 4.79. The van der Waals surface area contributed by atoms with E-state index in [0.29, 0.717) is 37.0 Å². The fraction of sp³-hybridized carbons (Fsp3) is 0.500. The minimum absolute atomic E-state index is 0.0305. The summed E-state index contributed by atoms with van der Waals surface area (Å²) in [6.07, 6.45) is 6.18. The van der Waals surface area contributed by atoms with Crippen LogP contribution in [0, 0.1) is 0 Å². The van der Waals surface area contributed by atoms with Crippen molar-refractivity contribution in [3.05, 3.63) is 36.0 Å². The van der Waals surface area contributed by atoms with Crippen LogP contribution >= 0.6 is 0 Å². The van der Waals surface area contributed by atoms with Gasteiger partial charge >= 0.3 is 6.03 Å². The summed E-state index contributed by atoms with van der Waals surface area (Å²) < 4.78 is 5.40. The van der Waals surface area contributed by atoms with Crippen molar-refractivity contribution >= 4 is 11.9 Å². The van der Waals surface area contributed by atoms with E-state index in [2.05, 4.69) is 25.4 Å². The highest BCUT2D eigenvalue weighted by molar-refractivity contribution is 5.92. The lowest BCUT2D eigenvalue weighted by atomic mass is 9.99. The first-order valence-electron chi connectivity index (χ1n) is 8.54. The average molecular weight is 357 g/mol. The lowest BCUT2D eigenvalue weighted by molar-refractivity contribution is 0.0585. The van der Waals surface area contributed by atoms with Gasteiger partial charge in [-0.3, -0.25) is 9.78 Å². The van der Waals surface area contributed by atoms with E-state index in [4.69, 9.17) is 4.52 Å². The van der Waals surface area contributed by atoms with Crippen LogP contribution in [0.5, 0.6) is 0 Å². The lowest BCUT2D eigenvalue weighted by Crippen LogP contribution is -2.49. The van der Waals surface area contributed by atoms with Crippen molar-refractivity contribution in [2.75, 3.05) is 26.7 Å². The van der Waals surface area contributed by atoms with Gasteiger partial charge in [0.05, 0.1) is 12.1 Å². The van der Waals surface area contributed by atoms with Crippen LogP contribution < -0.4 is 5.32 Å². The molecule has 10 heteroatoms. The molecular weight excluding hydrogens is 338 g/mol. The first kappa shape index (κ1) is 16.4. The second-order valence-electron chi connectivity index (χ2n) is 6.40. The molecule has 0 aliphatic carbocycles. The third kappa shape index (κ3) is 2.87. The van der Waals surface area contributed by atoms with Gasteiger partial charge in [-0.2, -0.15) is 4.98 Å². The average Bonchev–Trinajstić information content (AvgIpc) is 3.29. The molecule has 10 nitrogen and oxygen atoms in total. The van der Waals surface area contributed by atoms with Gasteiger partial charge in [-0.1, -0.05) is 5.16 Å². The van der Waals surface area contributed by atoms with Crippen molar-refractivity contribution in [1.29, 1.82) is 0 Å². The van der Waals surface area contributed by atoms with E-state index in [1.807, 2.05) is 0 Å². The molecule has 0 radical (unpaired) electrons. The fourth-order valence-corrected chi connectivity index (χ4v) is 3.34. The second-order valence-corrected chi connectivity index (χ2v) is 6.40. The maximum Gasteiger partial charge on any atom is 0.317 e. The Kier molecular flexibility index (Phi) is 4.23. The topological polar surface area (TPSA) is 117 Å². The van der Waals surface area contributed by atoms with Gasteiger partial charge < -0.3 is 19.6 Å². The normalized spacial score (nSPS) is 20.1. The summed E-state index contributed by atoms with van der Waals surface area (Å²) in [5.41, 5.74) is 0.326. The molecule has 0 bridgehead atoms. The van der Waals surface area contributed by atoms with Crippen molar-refractivity contribution in [2.24, 2.45) is 0 Å². The van der Waals surface area contributed by atoms with Gasteiger partial charge in [0, 0.05) is 39.1 Å². The molecule has 2 aromatic heterocycles. The van der Waals surface area contributed by atoms with Gasteiger partial charge in [0.15, 0.2) is 5.82 Å². The predicted octanol–water partition coefficient (Wildman–Crippen LogP) is 0.575. The van der Waals surface area contributed by atoms with Crippen molar-refractivity contribution in [3.63, 3.8) is 0 Å². The number of nitrogens with zero attached hydrogens (tertiary/aromatic N) is 6. The monoisotopic (exact) mass is 357 g/mol. The van der Waals surface area contributed by atoms with Gasteiger partial charge in [0.2, 0.25) is 5.89 Å². The molecule has 1 N–H and O–H groups in total. The van der Waals surface area contributed by atoms with E-state index in [0.717, 1.165) is 12.8 Å². The predicted molar refractivity (Wildman–Crippen MR) is 88.1 cm³/mol. The lowest BCUT2D eigenvalue weighted by Gasteiger charge is -2.37. The Morgan fingerprint density at radius 1 is 1.31 bits per heavy atom. The zero-order valence-electron chi connectivity index (χ0n) is 14.3. The summed E-state index contributed by atoms with van der Waals surface area (Å²) in [6.45, 7) is 1.70.